The number of hydrogen-bond acceptors (Lipinski definition) is 6. The number of pyridine rings is 1. The third-order valence-electron chi connectivity index (χ3n) is 7.97. The highest BCUT2D eigenvalue weighted by atomic mass is 35.5. The van der Waals surface area contributed by atoms with Crippen molar-refractivity contribution < 1.29 is 4.74 Å². The smallest absolute Gasteiger partial charge is 0.140 e. The van der Waals surface area contributed by atoms with Crippen LogP contribution in [0, 0.1) is 12.8 Å². The van der Waals surface area contributed by atoms with Gasteiger partial charge in [0.05, 0.1) is 15.4 Å². The number of H-pyrrole nitrogens is 1. The molecule has 1 saturated carbocycles. The van der Waals surface area contributed by atoms with E-state index in [1.165, 1.54) is 0 Å². The van der Waals surface area contributed by atoms with E-state index in [4.69, 9.17) is 27.1 Å². The SMILES string of the molecule is C=C(c1c(N=C(C)SC(C)=CC=c2c(Oc3cccc(CNC)c3)cc(C)nc2=C)[nH]c(CC)c1Cl)C1CCCC(N)CC1. The quantitative estimate of drug-likeness (QED) is 0.120. The van der Waals surface area contributed by atoms with Gasteiger partial charge in [-0.25, -0.2) is 4.99 Å². The van der Waals surface area contributed by atoms with E-state index in [1.807, 2.05) is 51.2 Å². The number of benzene rings is 1. The molecule has 0 radical (unpaired) electrons. The minimum atomic E-state index is 0.274. The van der Waals surface area contributed by atoms with Gasteiger partial charge in [-0.2, -0.15) is 0 Å². The minimum absolute atomic E-state index is 0.274. The molecule has 2 atom stereocenters. The lowest BCUT2D eigenvalue weighted by Gasteiger charge is -2.18. The summed E-state index contributed by atoms with van der Waals surface area (Å²) in [4.78, 5) is 14.1. The molecule has 2 aromatic heterocycles. The highest BCUT2D eigenvalue weighted by molar-refractivity contribution is 8.17. The maximum Gasteiger partial charge on any atom is 0.140 e. The van der Waals surface area contributed by atoms with Crippen LogP contribution in [0.4, 0.5) is 5.82 Å². The summed E-state index contributed by atoms with van der Waals surface area (Å²) in [7, 11) is 1.93. The molecule has 0 spiro atoms. The van der Waals surface area contributed by atoms with E-state index in [9.17, 15) is 0 Å². The zero-order valence-corrected chi connectivity index (χ0v) is 28.3. The van der Waals surface area contributed by atoms with Crippen LogP contribution >= 0.6 is 23.4 Å². The van der Waals surface area contributed by atoms with Gasteiger partial charge < -0.3 is 20.8 Å². The molecule has 4 rings (SSSR count). The van der Waals surface area contributed by atoms with Crippen LogP contribution in [-0.2, 0) is 13.0 Å². The first-order valence-corrected chi connectivity index (χ1v) is 16.6. The van der Waals surface area contributed by atoms with Crippen LogP contribution in [0.1, 0.15) is 75.4 Å². The Labute approximate surface area is 271 Å². The lowest BCUT2D eigenvalue weighted by atomic mass is 9.88. The second-order valence-electron chi connectivity index (χ2n) is 11.6. The van der Waals surface area contributed by atoms with Crippen LogP contribution < -0.4 is 26.4 Å². The molecule has 6 nitrogen and oxygen atoms in total. The zero-order valence-electron chi connectivity index (χ0n) is 26.7. The van der Waals surface area contributed by atoms with Gasteiger partial charge in [0.15, 0.2) is 0 Å². The average Bonchev–Trinajstić information content (AvgIpc) is 3.11. The first-order chi connectivity index (χ1) is 21.1. The number of aryl methyl sites for hydroxylation is 2. The van der Waals surface area contributed by atoms with Gasteiger partial charge in [-0.3, -0.25) is 4.98 Å². The summed E-state index contributed by atoms with van der Waals surface area (Å²) in [6, 6.07) is 10.3. The number of ether oxygens (including phenoxy) is 1. The minimum Gasteiger partial charge on any atom is -0.457 e. The summed E-state index contributed by atoms with van der Waals surface area (Å²) >= 11 is 8.51. The Morgan fingerprint density at radius 3 is 2.80 bits per heavy atom. The number of nitrogens with one attached hydrogen (secondary N) is 2. The predicted octanol–water partition coefficient (Wildman–Crippen LogP) is 7.94. The molecule has 0 amide bonds. The molecule has 2 unspecified atom stereocenters. The number of rotatable bonds is 10. The highest BCUT2D eigenvalue weighted by Crippen LogP contribution is 2.42. The van der Waals surface area contributed by atoms with Gasteiger partial charge in [0.1, 0.15) is 17.3 Å². The number of hydrogen-bond donors (Lipinski definition) is 3. The summed E-state index contributed by atoms with van der Waals surface area (Å²) in [5.74, 6) is 2.64. The fourth-order valence-electron chi connectivity index (χ4n) is 5.69. The first kappa shape index (κ1) is 33.8. The lowest BCUT2D eigenvalue weighted by Crippen LogP contribution is -2.28. The summed E-state index contributed by atoms with van der Waals surface area (Å²) < 4.78 is 6.34. The number of nitrogens with two attached hydrogens (primary N) is 1. The zero-order chi connectivity index (χ0) is 31.8. The number of thioether (sulfide) groups is 1. The number of halogens is 1. The van der Waals surface area contributed by atoms with Gasteiger partial charge in [0.2, 0.25) is 0 Å². The van der Waals surface area contributed by atoms with Crippen molar-refractivity contribution in [3.63, 3.8) is 0 Å². The Balaban J connectivity index is 1.59. The Hall–Kier alpha value is -3.10. The molecular weight excluding hydrogens is 586 g/mol. The molecule has 2 heterocycles. The van der Waals surface area contributed by atoms with Crippen molar-refractivity contribution in [2.45, 2.75) is 78.8 Å². The number of allylic oxidation sites excluding steroid dienone is 3. The normalized spacial score (nSPS) is 18.4. The van der Waals surface area contributed by atoms with Crippen molar-refractivity contribution in [1.29, 1.82) is 0 Å². The van der Waals surface area contributed by atoms with Crippen molar-refractivity contribution in [3.05, 3.63) is 86.0 Å². The molecule has 8 heteroatoms. The summed E-state index contributed by atoms with van der Waals surface area (Å²) in [6.45, 7) is 17.6. The van der Waals surface area contributed by atoms with Crippen LogP contribution in [0.15, 0.2) is 52.9 Å². The van der Waals surface area contributed by atoms with Gasteiger partial charge in [0.25, 0.3) is 0 Å². The molecule has 1 fully saturated rings. The molecule has 3 aromatic rings. The van der Waals surface area contributed by atoms with E-state index in [0.29, 0.717) is 11.3 Å². The number of aromatic nitrogens is 2. The van der Waals surface area contributed by atoms with Crippen molar-refractivity contribution in [1.82, 2.24) is 15.3 Å². The van der Waals surface area contributed by atoms with E-state index in [-0.39, 0.29) is 6.04 Å². The van der Waals surface area contributed by atoms with Gasteiger partial charge in [0, 0.05) is 40.8 Å². The fourth-order valence-corrected chi connectivity index (χ4v) is 6.83. The van der Waals surface area contributed by atoms with Crippen LogP contribution in [0.25, 0.3) is 18.2 Å². The molecular formula is C36H46ClN5OS. The molecule has 0 bridgehead atoms. The monoisotopic (exact) mass is 631 g/mol. The van der Waals surface area contributed by atoms with Crippen molar-refractivity contribution in [3.8, 4) is 11.5 Å². The molecule has 1 aliphatic rings. The number of aromatic amines is 1. The fraction of sp³-hybridized carbons (Fsp3) is 0.389. The third kappa shape index (κ3) is 8.75. The van der Waals surface area contributed by atoms with E-state index in [0.717, 1.165) is 111 Å². The summed E-state index contributed by atoms with van der Waals surface area (Å²) in [5.41, 5.74) is 11.3. The topological polar surface area (TPSA) is 88.3 Å². The van der Waals surface area contributed by atoms with E-state index in [1.54, 1.807) is 11.8 Å². The Bertz CT molecular complexity index is 1660. The van der Waals surface area contributed by atoms with E-state index < -0.39 is 0 Å². The average molecular weight is 632 g/mol. The van der Waals surface area contributed by atoms with Gasteiger partial charge >= 0.3 is 0 Å². The van der Waals surface area contributed by atoms with Crippen molar-refractivity contribution >= 4 is 52.5 Å². The van der Waals surface area contributed by atoms with Gasteiger partial charge in [-0.15, -0.1) is 0 Å². The Kier molecular flexibility index (Phi) is 12.1. The molecule has 4 N–H and O–H groups in total. The maximum absolute atomic E-state index is 6.91. The highest BCUT2D eigenvalue weighted by Gasteiger charge is 2.25. The van der Waals surface area contributed by atoms with Crippen molar-refractivity contribution in [2.75, 3.05) is 7.05 Å². The Morgan fingerprint density at radius 1 is 1.25 bits per heavy atom. The van der Waals surface area contributed by atoms with E-state index >= 15 is 0 Å². The molecule has 44 heavy (non-hydrogen) atoms. The number of aliphatic imine (C=N–C) groups is 1. The second kappa shape index (κ2) is 15.8. The van der Waals surface area contributed by atoms with Gasteiger partial charge in [-0.05, 0) is 100 Å². The largest absolute Gasteiger partial charge is 0.457 e. The molecule has 1 aliphatic carbocycles. The molecule has 1 aromatic carbocycles. The van der Waals surface area contributed by atoms with Crippen LogP contribution in [0.2, 0.25) is 5.02 Å². The molecule has 234 valence electrons. The molecule has 0 aliphatic heterocycles. The molecule has 0 saturated heterocycles. The third-order valence-corrected chi connectivity index (χ3v) is 9.23. The van der Waals surface area contributed by atoms with Crippen LogP contribution in [-0.4, -0.2) is 28.1 Å². The predicted molar refractivity (Wildman–Crippen MR) is 190 cm³/mol. The lowest BCUT2D eigenvalue weighted by molar-refractivity contribution is 0.475. The van der Waals surface area contributed by atoms with Crippen molar-refractivity contribution in [2.24, 2.45) is 16.6 Å². The first-order valence-electron chi connectivity index (χ1n) is 15.4. The van der Waals surface area contributed by atoms with Crippen LogP contribution in [0.5, 0.6) is 11.5 Å². The van der Waals surface area contributed by atoms with E-state index in [2.05, 4.69) is 54.4 Å². The maximum atomic E-state index is 6.91. The van der Waals surface area contributed by atoms with Crippen LogP contribution in [0.3, 0.4) is 0 Å². The Morgan fingerprint density at radius 2 is 2.05 bits per heavy atom. The second-order valence-corrected chi connectivity index (χ2v) is 13.4. The number of nitrogens with zero attached hydrogens (tertiary/aromatic N) is 2. The standard InChI is InChI=1S/C36H46ClN5OS/c1-8-32-35(37)34(24(4)28-12-10-13-29(38)17-16-28)36(42-32)41-26(6)44-23(3)15-18-31-25(5)40-22(2)19-33(31)43-30-14-9-11-27(20-30)21-39-7/h9,11,14-15,18-20,28-29,39,42H,4-5,8,10,12-13,16-17,21,38H2,1-3,6-7H3. The summed E-state index contributed by atoms with van der Waals surface area (Å²) in [5, 5.41) is 6.33. The summed E-state index contributed by atoms with van der Waals surface area (Å²) in [6.07, 6.45) is 10.2. The van der Waals surface area contributed by atoms with Gasteiger partial charge in [-0.1, -0.05) is 68.1 Å².